The average molecular weight is 280 g/mol. The maximum Gasteiger partial charge on any atom is 0.0850 e. The molecule has 1 aromatic rings. The van der Waals surface area contributed by atoms with Gasteiger partial charge in [0.1, 0.15) is 0 Å². The summed E-state index contributed by atoms with van der Waals surface area (Å²) in [7, 11) is 0. The van der Waals surface area contributed by atoms with Gasteiger partial charge in [0.25, 0.3) is 0 Å². The summed E-state index contributed by atoms with van der Waals surface area (Å²) in [6.07, 6.45) is 4.70. The predicted molar refractivity (Wildman–Crippen MR) is 77.1 cm³/mol. The molecule has 1 aromatic heterocycles. The minimum atomic E-state index is -0.235. The van der Waals surface area contributed by atoms with Crippen LogP contribution in [0, 0.1) is 22.7 Å². The van der Waals surface area contributed by atoms with Crippen molar-refractivity contribution in [1.29, 1.82) is 5.26 Å². The first-order valence-electron chi connectivity index (χ1n) is 7.20. The molecule has 1 heterocycles. The number of aromatic nitrogens is 2. The Kier molecular flexibility index (Phi) is 4.20. The molecule has 1 fully saturated rings. The highest BCUT2D eigenvalue weighted by Gasteiger charge is 2.39. The lowest BCUT2D eigenvalue weighted by Gasteiger charge is -2.21. The molecule has 0 spiro atoms. The van der Waals surface area contributed by atoms with Gasteiger partial charge in [-0.05, 0) is 38.5 Å². The van der Waals surface area contributed by atoms with E-state index in [9.17, 15) is 5.26 Å². The second kappa shape index (κ2) is 5.54. The first kappa shape index (κ1) is 14.4. The number of nitrogens with zero attached hydrogens (tertiary/aromatic N) is 3. The second-order valence-electron chi connectivity index (χ2n) is 5.79. The van der Waals surface area contributed by atoms with E-state index in [4.69, 9.17) is 11.6 Å². The van der Waals surface area contributed by atoms with Gasteiger partial charge in [-0.3, -0.25) is 4.68 Å². The maximum absolute atomic E-state index is 9.59. The Morgan fingerprint density at radius 2 is 2.26 bits per heavy atom. The summed E-state index contributed by atoms with van der Waals surface area (Å²) in [6.45, 7) is 7.18. The molecule has 1 aliphatic carbocycles. The van der Waals surface area contributed by atoms with Crippen molar-refractivity contribution in [2.75, 3.05) is 0 Å². The van der Waals surface area contributed by atoms with Crippen molar-refractivity contribution in [2.24, 2.45) is 11.3 Å². The molecule has 2 unspecified atom stereocenters. The van der Waals surface area contributed by atoms with Gasteiger partial charge < -0.3 is 0 Å². The number of aryl methyl sites for hydroxylation is 2. The third-order valence-electron chi connectivity index (χ3n) is 4.29. The topological polar surface area (TPSA) is 41.6 Å². The van der Waals surface area contributed by atoms with Crippen molar-refractivity contribution in [3.05, 3.63) is 16.4 Å². The van der Waals surface area contributed by atoms with Gasteiger partial charge in [-0.25, -0.2) is 0 Å². The molecule has 104 valence electrons. The molecular formula is C15H22ClN3. The Balaban J connectivity index is 2.32. The summed E-state index contributed by atoms with van der Waals surface area (Å²) in [5, 5.41) is 14.9. The fourth-order valence-corrected chi connectivity index (χ4v) is 3.54. The SMILES string of the molecule is CCc1nn(CC)c(CC2(C#N)CCC(C)C2)c1Cl. The van der Waals surface area contributed by atoms with Crippen molar-refractivity contribution >= 4 is 11.6 Å². The number of nitriles is 1. The molecule has 0 amide bonds. The first-order chi connectivity index (χ1) is 9.05. The van der Waals surface area contributed by atoms with E-state index in [2.05, 4.69) is 31.9 Å². The molecule has 0 aromatic carbocycles. The van der Waals surface area contributed by atoms with Gasteiger partial charge in [0, 0.05) is 13.0 Å². The fraction of sp³-hybridized carbons (Fsp3) is 0.733. The van der Waals surface area contributed by atoms with Crippen LogP contribution in [0.5, 0.6) is 0 Å². The van der Waals surface area contributed by atoms with E-state index in [1.54, 1.807) is 0 Å². The van der Waals surface area contributed by atoms with Crippen LogP contribution in [-0.4, -0.2) is 9.78 Å². The summed E-state index contributed by atoms with van der Waals surface area (Å²) in [5.74, 6) is 0.641. The summed E-state index contributed by atoms with van der Waals surface area (Å²) in [4.78, 5) is 0. The number of hydrogen-bond donors (Lipinski definition) is 0. The van der Waals surface area contributed by atoms with Crippen LogP contribution in [0.1, 0.15) is 51.4 Å². The third-order valence-corrected chi connectivity index (χ3v) is 4.73. The Morgan fingerprint density at radius 3 is 2.74 bits per heavy atom. The highest BCUT2D eigenvalue weighted by molar-refractivity contribution is 6.31. The smallest absolute Gasteiger partial charge is 0.0850 e. The lowest BCUT2D eigenvalue weighted by Crippen LogP contribution is -2.20. The zero-order chi connectivity index (χ0) is 14.0. The Labute approximate surface area is 120 Å². The lowest BCUT2D eigenvalue weighted by atomic mass is 9.82. The molecule has 3 nitrogen and oxygen atoms in total. The van der Waals surface area contributed by atoms with Crippen molar-refractivity contribution in [2.45, 2.75) is 59.4 Å². The van der Waals surface area contributed by atoms with Crippen LogP contribution in [-0.2, 0) is 19.4 Å². The Hall–Kier alpha value is -1.01. The zero-order valence-corrected chi connectivity index (χ0v) is 12.8. The summed E-state index contributed by atoms with van der Waals surface area (Å²) in [6, 6.07) is 2.56. The van der Waals surface area contributed by atoms with Crippen LogP contribution in [0.25, 0.3) is 0 Å². The van der Waals surface area contributed by atoms with E-state index in [-0.39, 0.29) is 5.41 Å². The summed E-state index contributed by atoms with van der Waals surface area (Å²) in [5.41, 5.74) is 1.77. The van der Waals surface area contributed by atoms with Crippen molar-refractivity contribution < 1.29 is 0 Å². The minimum Gasteiger partial charge on any atom is -0.268 e. The van der Waals surface area contributed by atoms with Gasteiger partial charge in [-0.15, -0.1) is 0 Å². The van der Waals surface area contributed by atoms with E-state index >= 15 is 0 Å². The normalized spacial score (nSPS) is 26.6. The van der Waals surface area contributed by atoms with Crippen molar-refractivity contribution in [3.63, 3.8) is 0 Å². The molecule has 2 atom stereocenters. The van der Waals surface area contributed by atoms with Gasteiger partial charge in [-0.2, -0.15) is 10.4 Å². The van der Waals surface area contributed by atoms with E-state index < -0.39 is 0 Å². The van der Waals surface area contributed by atoms with E-state index in [0.29, 0.717) is 5.92 Å². The van der Waals surface area contributed by atoms with Crippen LogP contribution in [0.15, 0.2) is 0 Å². The summed E-state index contributed by atoms with van der Waals surface area (Å²) >= 11 is 6.45. The Bertz CT molecular complexity index is 500. The Morgan fingerprint density at radius 1 is 1.53 bits per heavy atom. The van der Waals surface area contributed by atoms with Gasteiger partial charge in [0.15, 0.2) is 0 Å². The summed E-state index contributed by atoms with van der Waals surface area (Å²) < 4.78 is 1.98. The first-order valence-corrected chi connectivity index (χ1v) is 7.58. The fourth-order valence-electron chi connectivity index (χ4n) is 3.20. The largest absolute Gasteiger partial charge is 0.268 e. The molecule has 2 rings (SSSR count). The molecule has 0 saturated heterocycles. The molecule has 0 aliphatic heterocycles. The van der Waals surface area contributed by atoms with E-state index in [0.717, 1.165) is 55.1 Å². The standard InChI is InChI=1S/C15H22ClN3/c1-4-12-14(16)13(19(5-2)18-12)9-15(10-17)7-6-11(3)8-15/h11H,4-9H2,1-3H3. The molecule has 1 aliphatic rings. The van der Waals surface area contributed by atoms with Gasteiger partial charge in [0.2, 0.25) is 0 Å². The third kappa shape index (κ3) is 2.65. The molecule has 1 saturated carbocycles. The van der Waals surface area contributed by atoms with E-state index in [1.165, 1.54) is 0 Å². The van der Waals surface area contributed by atoms with Crippen LogP contribution >= 0.6 is 11.6 Å². The second-order valence-corrected chi connectivity index (χ2v) is 6.17. The predicted octanol–water partition coefficient (Wildman–Crippen LogP) is 3.99. The average Bonchev–Trinajstić information content (AvgIpc) is 2.93. The highest BCUT2D eigenvalue weighted by atomic mass is 35.5. The number of halogens is 1. The minimum absolute atomic E-state index is 0.235. The zero-order valence-electron chi connectivity index (χ0n) is 12.0. The van der Waals surface area contributed by atoms with Gasteiger partial charge >= 0.3 is 0 Å². The van der Waals surface area contributed by atoms with Crippen molar-refractivity contribution in [3.8, 4) is 6.07 Å². The number of hydrogen-bond acceptors (Lipinski definition) is 2. The van der Waals surface area contributed by atoms with E-state index in [1.807, 2.05) is 4.68 Å². The van der Waals surface area contributed by atoms with Gasteiger partial charge in [-0.1, -0.05) is 25.4 Å². The molecular weight excluding hydrogens is 258 g/mol. The molecule has 0 bridgehead atoms. The van der Waals surface area contributed by atoms with Crippen LogP contribution in [0.4, 0.5) is 0 Å². The highest BCUT2D eigenvalue weighted by Crippen LogP contribution is 2.44. The van der Waals surface area contributed by atoms with Crippen molar-refractivity contribution in [1.82, 2.24) is 9.78 Å². The lowest BCUT2D eigenvalue weighted by molar-refractivity contribution is 0.377. The van der Waals surface area contributed by atoms with Crippen LogP contribution < -0.4 is 0 Å². The monoisotopic (exact) mass is 279 g/mol. The maximum atomic E-state index is 9.59. The van der Waals surface area contributed by atoms with Crippen LogP contribution in [0.3, 0.4) is 0 Å². The molecule has 4 heteroatoms. The quantitative estimate of drug-likeness (QED) is 0.836. The molecule has 19 heavy (non-hydrogen) atoms. The molecule has 0 N–H and O–H groups in total. The molecule has 0 radical (unpaired) electrons. The van der Waals surface area contributed by atoms with Gasteiger partial charge in [0.05, 0.1) is 27.9 Å². The van der Waals surface area contributed by atoms with Crippen LogP contribution in [0.2, 0.25) is 5.02 Å². The number of rotatable bonds is 4.